The van der Waals surface area contributed by atoms with Crippen LogP contribution in [-0.2, 0) is 11.2 Å². The van der Waals surface area contributed by atoms with Gasteiger partial charge in [-0.1, -0.05) is 6.92 Å². The molecule has 0 bridgehead atoms. The molecule has 76 valence electrons. The van der Waals surface area contributed by atoms with Gasteiger partial charge in [-0.25, -0.2) is 0 Å². The van der Waals surface area contributed by atoms with E-state index in [4.69, 9.17) is 0 Å². The Hall–Kier alpha value is -0.700. The molecule has 0 saturated carbocycles. The number of halogens is 1. The Morgan fingerprint density at radius 1 is 1.57 bits per heavy atom. The van der Waals surface area contributed by atoms with Crippen molar-refractivity contribution in [1.29, 1.82) is 0 Å². The van der Waals surface area contributed by atoms with Crippen LogP contribution in [0.4, 0.5) is 0 Å². The highest BCUT2D eigenvalue weighted by atomic mass is 79.9. The van der Waals surface area contributed by atoms with Crippen LogP contribution < -0.4 is 0 Å². The number of carbonyl (C=O) groups is 1. The fourth-order valence-electron chi connectivity index (χ4n) is 1.31. The Morgan fingerprint density at radius 2 is 2.29 bits per heavy atom. The molecule has 14 heavy (non-hydrogen) atoms. The zero-order valence-electron chi connectivity index (χ0n) is 8.51. The van der Waals surface area contributed by atoms with E-state index in [1.165, 1.54) is 0 Å². The predicted molar refractivity (Wildman–Crippen MR) is 60.3 cm³/mol. The molecule has 1 aromatic rings. The van der Waals surface area contributed by atoms with Crippen LogP contribution in [0.2, 0.25) is 0 Å². The molecule has 0 amide bonds. The molecular formula is C11H14BrNO. The molecule has 1 heterocycles. The molecule has 1 rings (SSSR count). The number of aromatic nitrogens is 1. The lowest BCUT2D eigenvalue weighted by molar-refractivity contribution is -0.118. The summed E-state index contributed by atoms with van der Waals surface area (Å²) in [7, 11) is 0. The molecule has 2 nitrogen and oxygen atoms in total. The third kappa shape index (κ3) is 3.22. The van der Waals surface area contributed by atoms with Gasteiger partial charge in [0.2, 0.25) is 0 Å². The van der Waals surface area contributed by atoms with E-state index in [-0.39, 0.29) is 5.78 Å². The highest BCUT2D eigenvalue weighted by molar-refractivity contribution is 9.10. The van der Waals surface area contributed by atoms with Gasteiger partial charge in [0.15, 0.2) is 0 Å². The lowest BCUT2D eigenvalue weighted by Crippen LogP contribution is -2.05. The number of ketones is 1. The lowest BCUT2D eigenvalue weighted by atomic mass is 10.1. The topological polar surface area (TPSA) is 30.0 Å². The fraction of sp³-hybridized carbons (Fsp3) is 0.455. The Labute approximate surface area is 92.9 Å². The van der Waals surface area contributed by atoms with Crippen molar-refractivity contribution in [3.8, 4) is 0 Å². The van der Waals surface area contributed by atoms with Crippen molar-refractivity contribution >= 4 is 21.7 Å². The molecule has 0 saturated heterocycles. The first-order valence-electron chi connectivity index (χ1n) is 4.76. The van der Waals surface area contributed by atoms with Crippen molar-refractivity contribution in [1.82, 2.24) is 4.98 Å². The second-order valence-corrected chi connectivity index (χ2v) is 4.30. The third-order valence-electron chi connectivity index (χ3n) is 2.05. The Bertz CT molecular complexity index is 336. The van der Waals surface area contributed by atoms with Crippen LogP contribution in [-0.4, -0.2) is 10.8 Å². The number of pyridine rings is 1. The molecule has 0 aliphatic heterocycles. The van der Waals surface area contributed by atoms with Gasteiger partial charge in [0.05, 0.1) is 5.69 Å². The van der Waals surface area contributed by atoms with Crippen molar-refractivity contribution in [2.45, 2.75) is 33.1 Å². The zero-order valence-corrected chi connectivity index (χ0v) is 10.1. The van der Waals surface area contributed by atoms with E-state index in [9.17, 15) is 4.79 Å². The van der Waals surface area contributed by atoms with Gasteiger partial charge >= 0.3 is 0 Å². The number of rotatable bonds is 4. The molecule has 0 N–H and O–H groups in total. The summed E-state index contributed by atoms with van der Waals surface area (Å²) in [5, 5.41) is 0. The number of hydrogen-bond donors (Lipinski definition) is 0. The standard InChI is InChI=1S/C11H14BrNO/c1-3-4-10(14)6-11-8(2)5-9(12)7-13-11/h5,7H,3-4,6H2,1-2H3. The molecule has 0 radical (unpaired) electrons. The van der Waals surface area contributed by atoms with Crippen molar-refractivity contribution < 1.29 is 4.79 Å². The molecule has 1 aromatic heterocycles. The third-order valence-corrected chi connectivity index (χ3v) is 2.48. The lowest BCUT2D eigenvalue weighted by Gasteiger charge is -2.03. The number of nitrogens with zero attached hydrogens (tertiary/aromatic N) is 1. The number of aryl methyl sites for hydroxylation is 1. The van der Waals surface area contributed by atoms with Crippen LogP contribution >= 0.6 is 15.9 Å². The van der Waals surface area contributed by atoms with E-state index >= 15 is 0 Å². The van der Waals surface area contributed by atoms with Gasteiger partial charge in [0, 0.05) is 23.5 Å². The Kier molecular flexibility index (Phi) is 4.26. The number of carbonyl (C=O) groups excluding carboxylic acids is 1. The minimum absolute atomic E-state index is 0.269. The fourth-order valence-corrected chi connectivity index (χ4v) is 1.75. The summed E-state index contributed by atoms with van der Waals surface area (Å²) >= 11 is 3.35. The Morgan fingerprint density at radius 3 is 2.86 bits per heavy atom. The minimum Gasteiger partial charge on any atom is -0.299 e. The maximum atomic E-state index is 11.4. The summed E-state index contributed by atoms with van der Waals surface area (Å²) in [5.74, 6) is 0.269. The first kappa shape index (κ1) is 11.4. The average molecular weight is 256 g/mol. The van der Waals surface area contributed by atoms with E-state index in [0.29, 0.717) is 12.8 Å². The van der Waals surface area contributed by atoms with Crippen molar-refractivity contribution in [3.63, 3.8) is 0 Å². The van der Waals surface area contributed by atoms with E-state index in [1.807, 2.05) is 19.9 Å². The molecule has 0 atom stereocenters. The number of Topliss-reactive ketones (excluding diaryl/α,β-unsaturated/α-hetero) is 1. The summed E-state index contributed by atoms with van der Waals surface area (Å²) in [6.45, 7) is 3.99. The van der Waals surface area contributed by atoms with E-state index < -0.39 is 0 Å². The van der Waals surface area contributed by atoms with Crippen LogP contribution in [0.1, 0.15) is 31.0 Å². The average Bonchev–Trinajstić information content (AvgIpc) is 2.10. The van der Waals surface area contributed by atoms with Gasteiger partial charge in [-0.2, -0.15) is 0 Å². The van der Waals surface area contributed by atoms with Gasteiger partial charge in [0.25, 0.3) is 0 Å². The van der Waals surface area contributed by atoms with E-state index in [1.54, 1.807) is 6.20 Å². The SMILES string of the molecule is CCCC(=O)Cc1ncc(Br)cc1C. The summed E-state index contributed by atoms with van der Waals surface area (Å²) in [6, 6.07) is 1.99. The molecular weight excluding hydrogens is 242 g/mol. The maximum Gasteiger partial charge on any atom is 0.138 e. The van der Waals surface area contributed by atoms with Crippen LogP contribution in [0.25, 0.3) is 0 Å². The summed E-state index contributed by atoms with van der Waals surface area (Å²) in [6.07, 6.45) is 3.76. The first-order chi connectivity index (χ1) is 6.63. The van der Waals surface area contributed by atoms with Gasteiger partial charge in [0.1, 0.15) is 5.78 Å². The van der Waals surface area contributed by atoms with E-state index in [0.717, 1.165) is 22.2 Å². The largest absolute Gasteiger partial charge is 0.299 e. The molecule has 0 unspecified atom stereocenters. The molecule has 0 aliphatic carbocycles. The van der Waals surface area contributed by atoms with Crippen molar-refractivity contribution in [3.05, 3.63) is 28.0 Å². The van der Waals surface area contributed by atoms with Crippen LogP contribution in [0, 0.1) is 6.92 Å². The van der Waals surface area contributed by atoms with Gasteiger partial charge < -0.3 is 0 Å². The first-order valence-corrected chi connectivity index (χ1v) is 5.55. The second-order valence-electron chi connectivity index (χ2n) is 3.38. The van der Waals surface area contributed by atoms with Gasteiger partial charge in [-0.15, -0.1) is 0 Å². The quantitative estimate of drug-likeness (QED) is 0.828. The smallest absolute Gasteiger partial charge is 0.138 e. The monoisotopic (exact) mass is 255 g/mol. The molecule has 0 fully saturated rings. The number of hydrogen-bond acceptors (Lipinski definition) is 2. The normalized spacial score (nSPS) is 10.2. The highest BCUT2D eigenvalue weighted by Crippen LogP contribution is 2.14. The van der Waals surface area contributed by atoms with Crippen LogP contribution in [0.3, 0.4) is 0 Å². The molecule has 0 aromatic carbocycles. The maximum absolute atomic E-state index is 11.4. The van der Waals surface area contributed by atoms with Gasteiger partial charge in [-0.05, 0) is 40.9 Å². The summed E-state index contributed by atoms with van der Waals surface area (Å²) in [4.78, 5) is 15.6. The molecule has 3 heteroatoms. The van der Waals surface area contributed by atoms with Crippen LogP contribution in [0.5, 0.6) is 0 Å². The minimum atomic E-state index is 0.269. The van der Waals surface area contributed by atoms with E-state index in [2.05, 4.69) is 20.9 Å². The highest BCUT2D eigenvalue weighted by Gasteiger charge is 2.06. The van der Waals surface area contributed by atoms with Gasteiger partial charge in [-0.3, -0.25) is 9.78 Å². The van der Waals surface area contributed by atoms with Crippen molar-refractivity contribution in [2.24, 2.45) is 0 Å². The Balaban J connectivity index is 2.72. The van der Waals surface area contributed by atoms with Crippen LogP contribution in [0.15, 0.2) is 16.7 Å². The molecule has 0 spiro atoms. The predicted octanol–water partition coefficient (Wildman–Crippen LogP) is 3.06. The summed E-state index contributed by atoms with van der Waals surface area (Å²) in [5.41, 5.74) is 1.97. The summed E-state index contributed by atoms with van der Waals surface area (Å²) < 4.78 is 0.960. The second kappa shape index (κ2) is 5.25. The zero-order chi connectivity index (χ0) is 10.6. The molecule has 0 aliphatic rings. The van der Waals surface area contributed by atoms with Crippen molar-refractivity contribution in [2.75, 3.05) is 0 Å².